The molecule has 0 spiro atoms. The van der Waals surface area contributed by atoms with E-state index in [1.54, 1.807) is 73.7 Å². The van der Waals surface area contributed by atoms with Gasteiger partial charge in [-0.05, 0) is 62.2 Å². The smallest absolute Gasteiger partial charge is 0.264 e. The standard InChI is InChI=1S/C29H34ClN3O5S/c1-5-21(2)31-29(35)22(3)32(19-23-11-9-12-24(30)17-23)28(34)20-33(25-13-10-14-26(18-25)38-4)39(36,37)27-15-7-6-8-16-27/h6-18,21-22H,5,19-20H2,1-4H3,(H,31,35)/t21-,22+/m0/s1. The van der Waals surface area contributed by atoms with E-state index < -0.39 is 28.5 Å². The van der Waals surface area contributed by atoms with Gasteiger partial charge in [-0.1, -0.05) is 54.9 Å². The average Bonchev–Trinajstić information content (AvgIpc) is 2.94. The maximum atomic E-state index is 13.9. The summed E-state index contributed by atoms with van der Waals surface area (Å²) in [4.78, 5) is 28.4. The number of anilines is 1. The number of carbonyl (C=O) groups excluding carboxylic acids is 2. The first-order valence-electron chi connectivity index (χ1n) is 12.6. The molecule has 39 heavy (non-hydrogen) atoms. The third-order valence-electron chi connectivity index (χ3n) is 6.36. The Hall–Kier alpha value is -3.56. The Morgan fingerprint density at radius 3 is 2.31 bits per heavy atom. The molecule has 2 amide bonds. The molecule has 0 fully saturated rings. The van der Waals surface area contributed by atoms with Crippen LogP contribution >= 0.6 is 11.6 Å². The highest BCUT2D eigenvalue weighted by Crippen LogP contribution is 2.27. The van der Waals surface area contributed by atoms with Gasteiger partial charge in [0.25, 0.3) is 10.0 Å². The van der Waals surface area contributed by atoms with Gasteiger partial charge in [-0.15, -0.1) is 0 Å². The van der Waals surface area contributed by atoms with E-state index in [9.17, 15) is 18.0 Å². The molecule has 0 unspecified atom stereocenters. The SMILES string of the molecule is CC[C@H](C)NC(=O)[C@@H](C)N(Cc1cccc(Cl)c1)C(=O)CN(c1cccc(OC)c1)S(=O)(=O)c1ccccc1. The molecule has 0 aliphatic rings. The summed E-state index contributed by atoms with van der Waals surface area (Å²) < 4.78 is 33.9. The maximum absolute atomic E-state index is 13.9. The Morgan fingerprint density at radius 1 is 0.974 bits per heavy atom. The van der Waals surface area contributed by atoms with Gasteiger partial charge < -0.3 is 15.0 Å². The van der Waals surface area contributed by atoms with E-state index in [0.29, 0.717) is 16.3 Å². The molecular formula is C29H34ClN3O5S. The quantitative estimate of drug-likeness (QED) is 0.334. The Kier molecular flexibility index (Phi) is 10.4. The van der Waals surface area contributed by atoms with Gasteiger partial charge in [0.1, 0.15) is 18.3 Å². The van der Waals surface area contributed by atoms with Crippen molar-refractivity contribution in [2.24, 2.45) is 0 Å². The van der Waals surface area contributed by atoms with Crippen LogP contribution in [0.4, 0.5) is 5.69 Å². The molecule has 2 atom stereocenters. The number of ether oxygens (including phenoxy) is 1. The molecule has 0 heterocycles. The number of hydrogen-bond donors (Lipinski definition) is 1. The molecule has 3 rings (SSSR count). The van der Waals surface area contributed by atoms with Gasteiger partial charge in [-0.25, -0.2) is 8.42 Å². The van der Waals surface area contributed by atoms with E-state index in [0.717, 1.165) is 10.7 Å². The highest BCUT2D eigenvalue weighted by Gasteiger charge is 2.33. The van der Waals surface area contributed by atoms with Gasteiger partial charge in [0.15, 0.2) is 0 Å². The fourth-order valence-corrected chi connectivity index (χ4v) is 5.53. The van der Waals surface area contributed by atoms with Gasteiger partial charge in [-0.2, -0.15) is 0 Å². The molecule has 0 aliphatic carbocycles. The number of sulfonamides is 1. The van der Waals surface area contributed by atoms with Crippen LogP contribution in [0.5, 0.6) is 5.75 Å². The van der Waals surface area contributed by atoms with E-state index in [1.165, 1.54) is 24.1 Å². The summed E-state index contributed by atoms with van der Waals surface area (Å²) in [6.45, 7) is 4.98. The number of amides is 2. The second kappa shape index (κ2) is 13.5. The summed E-state index contributed by atoms with van der Waals surface area (Å²) in [7, 11) is -2.67. The largest absolute Gasteiger partial charge is 0.497 e. The lowest BCUT2D eigenvalue weighted by Crippen LogP contribution is -2.52. The molecular weight excluding hydrogens is 538 g/mol. The van der Waals surface area contributed by atoms with Gasteiger partial charge >= 0.3 is 0 Å². The van der Waals surface area contributed by atoms with Crippen LogP contribution in [0.3, 0.4) is 0 Å². The highest BCUT2D eigenvalue weighted by atomic mass is 35.5. The van der Waals surface area contributed by atoms with Crippen molar-refractivity contribution in [3.8, 4) is 5.75 Å². The fourth-order valence-electron chi connectivity index (χ4n) is 3.89. The normalized spacial score (nSPS) is 12.7. The number of halogens is 1. The number of hydrogen-bond acceptors (Lipinski definition) is 5. The summed E-state index contributed by atoms with van der Waals surface area (Å²) in [5.74, 6) is -0.451. The maximum Gasteiger partial charge on any atom is 0.264 e. The third kappa shape index (κ3) is 7.74. The lowest BCUT2D eigenvalue weighted by molar-refractivity contribution is -0.139. The van der Waals surface area contributed by atoms with Crippen molar-refractivity contribution >= 4 is 39.1 Å². The number of rotatable bonds is 12. The van der Waals surface area contributed by atoms with Crippen molar-refractivity contribution in [1.29, 1.82) is 0 Å². The molecule has 0 bridgehead atoms. The van der Waals surface area contributed by atoms with Crippen LogP contribution in [0.2, 0.25) is 5.02 Å². The summed E-state index contributed by atoms with van der Waals surface area (Å²) in [5.41, 5.74) is 0.962. The van der Waals surface area contributed by atoms with Gasteiger partial charge in [0.05, 0.1) is 17.7 Å². The first kappa shape index (κ1) is 30.0. The molecule has 3 aromatic rings. The minimum atomic E-state index is -4.15. The second-order valence-electron chi connectivity index (χ2n) is 9.17. The lowest BCUT2D eigenvalue weighted by Gasteiger charge is -2.32. The monoisotopic (exact) mass is 571 g/mol. The molecule has 0 saturated carbocycles. The van der Waals surface area contributed by atoms with Crippen LogP contribution in [0.15, 0.2) is 83.8 Å². The first-order valence-corrected chi connectivity index (χ1v) is 14.4. The van der Waals surface area contributed by atoms with Crippen LogP contribution in [-0.2, 0) is 26.2 Å². The molecule has 1 N–H and O–H groups in total. The van der Waals surface area contributed by atoms with Crippen molar-refractivity contribution in [3.05, 3.63) is 89.4 Å². The van der Waals surface area contributed by atoms with Gasteiger partial charge in [-0.3, -0.25) is 13.9 Å². The summed E-state index contributed by atoms with van der Waals surface area (Å²) in [6.07, 6.45) is 0.722. The van der Waals surface area contributed by atoms with E-state index in [1.807, 2.05) is 13.8 Å². The number of benzene rings is 3. The van der Waals surface area contributed by atoms with Crippen LogP contribution in [-0.4, -0.2) is 50.9 Å². The first-order chi connectivity index (χ1) is 18.6. The molecule has 0 aromatic heterocycles. The van der Waals surface area contributed by atoms with Crippen molar-refractivity contribution in [2.75, 3.05) is 18.0 Å². The number of carbonyl (C=O) groups is 2. The zero-order valence-electron chi connectivity index (χ0n) is 22.5. The van der Waals surface area contributed by atoms with Crippen molar-refractivity contribution in [2.45, 2.75) is 50.7 Å². The Bertz CT molecular complexity index is 1380. The highest BCUT2D eigenvalue weighted by molar-refractivity contribution is 7.92. The van der Waals surface area contributed by atoms with E-state index in [-0.39, 0.29) is 29.1 Å². The molecule has 0 saturated heterocycles. The minimum Gasteiger partial charge on any atom is -0.497 e. The fraction of sp³-hybridized carbons (Fsp3) is 0.310. The van der Waals surface area contributed by atoms with Gasteiger partial charge in [0.2, 0.25) is 11.8 Å². The Balaban J connectivity index is 2.03. The van der Waals surface area contributed by atoms with Crippen molar-refractivity contribution < 1.29 is 22.7 Å². The predicted octanol–water partition coefficient (Wildman–Crippen LogP) is 4.88. The molecule has 0 aliphatic heterocycles. The van der Waals surface area contributed by atoms with E-state index in [2.05, 4.69) is 5.32 Å². The topological polar surface area (TPSA) is 96.0 Å². The summed E-state index contributed by atoms with van der Waals surface area (Å²) in [5, 5.41) is 3.40. The molecule has 3 aromatic carbocycles. The van der Waals surface area contributed by atoms with E-state index >= 15 is 0 Å². The van der Waals surface area contributed by atoms with Crippen molar-refractivity contribution in [1.82, 2.24) is 10.2 Å². The molecule has 0 radical (unpaired) electrons. The number of methoxy groups -OCH3 is 1. The summed E-state index contributed by atoms with van der Waals surface area (Å²) in [6, 6.07) is 20.4. The third-order valence-corrected chi connectivity index (χ3v) is 8.38. The zero-order valence-corrected chi connectivity index (χ0v) is 24.1. The van der Waals surface area contributed by atoms with Gasteiger partial charge in [0, 0.05) is 23.7 Å². The number of nitrogens with zero attached hydrogens (tertiary/aromatic N) is 2. The second-order valence-corrected chi connectivity index (χ2v) is 11.5. The van der Waals surface area contributed by atoms with E-state index in [4.69, 9.17) is 16.3 Å². The Labute approximate surface area is 235 Å². The van der Waals surface area contributed by atoms with Crippen LogP contribution in [0, 0.1) is 0 Å². The van der Waals surface area contributed by atoms with Crippen molar-refractivity contribution in [3.63, 3.8) is 0 Å². The summed E-state index contributed by atoms with van der Waals surface area (Å²) >= 11 is 6.18. The van der Waals surface area contributed by atoms with Crippen LogP contribution < -0.4 is 14.4 Å². The Morgan fingerprint density at radius 2 is 1.67 bits per heavy atom. The van der Waals surface area contributed by atoms with Crippen LogP contribution in [0.25, 0.3) is 0 Å². The lowest BCUT2D eigenvalue weighted by atomic mass is 10.1. The average molecular weight is 572 g/mol. The predicted molar refractivity (Wildman–Crippen MR) is 153 cm³/mol. The molecule has 8 nitrogen and oxygen atoms in total. The van der Waals surface area contributed by atoms with Crippen LogP contribution in [0.1, 0.15) is 32.8 Å². The molecule has 208 valence electrons. The zero-order chi connectivity index (χ0) is 28.6. The molecule has 10 heteroatoms. The minimum absolute atomic E-state index is 0.0320. The number of nitrogens with one attached hydrogen (secondary N) is 1.